The molecular weight excluding hydrogens is 274 g/mol. The quantitative estimate of drug-likeness (QED) is 0.786. The summed E-state index contributed by atoms with van der Waals surface area (Å²) in [5, 5.41) is 11.5. The van der Waals surface area contributed by atoms with Gasteiger partial charge in [0.2, 0.25) is 0 Å². The largest absolute Gasteiger partial charge is 0.504 e. The summed E-state index contributed by atoms with van der Waals surface area (Å²) in [7, 11) is 1.96. The zero-order chi connectivity index (χ0) is 14.1. The lowest BCUT2D eigenvalue weighted by Gasteiger charge is -2.06. The average molecular weight is 288 g/mol. The number of aromatic hydroxyl groups is 1. The number of ether oxygens (including phenoxy) is 1. The van der Waals surface area contributed by atoms with Crippen LogP contribution in [0.25, 0.3) is 10.9 Å². The molecule has 0 bridgehead atoms. The molecule has 20 heavy (non-hydrogen) atoms. The second kappa shape index (κ2) is 5.10. The zero-order valence-electron chi connectivity index (χ0n) is 11.0. The van der Waals surface area contributed by atoms with Gasteiger partial charge in [-0.25, -0.2) is 0 Å². The minimum absolute atomic E-state index is 0.144. The van der Waals surface area contributed by atoms with Crippen LogP contribution in [0.2, 0.25) is 5.02 Å². The van der Waals surface area contributed by atoms with Gasteiger partial charge >= 0.3 is 0 Å². The van der Waals surface area contributed by atoms with Gasteiger partial charge in [-0.15, -0.1) is 0 Å². The maximum absolute atomic E-state index is 9.70. The molecule has 102 valence electrons. The van der Waals surface area contributed by atoms with Crippen molar-refractivity contribution in [3.8, 4) is 11.5 Å². The number of benzene rings is 2. The Bertz CT molecular complexity index is 764. The molecule has 1 heterocycles. The van der Waals surface area contributed by atoms with Crippen molar-refractivity contribution in [1.29, 1.82) is 0 Å². The maximum Gasteiger partial charge on any atom is 0.161 e. The Hall–Kier alpha value is -2.13. The number of nitrogens with zero attached hydrogens (tertiary/aromatic N) is 1. The first kappa shape index (κ1) is 12.9. The highest BCUT2D eigenvalue weighted by atomic mass is 35.5. The van der Waals surface area contributed by atoms with Gasteiger partial charge in [0.05, 0.1) is 10.5 Å². The van der Waals surface area contributed by atoms with E-state index in [9.17, 15) is 5.11 Å². The van der Waals surface area contributed by atoms with Crippen LogP contribution < -0.4 is 4.74 Å². The number of phenolic OH excluding ortho intramolecular Hbond substituents is 1. The summed E-state index contributed by atoms with van der Waals surface area (Å²) in [6, 6.07) is 12.8. The molecule has 1 aromatic heterocycles. The van der Waals surface area contributed by atoms with Gasteiger partial charge in [-0.3, -0.25) is 0 Å². The lowest BCUT2D eigenvalue weighted by molar-refractivity contribution is 0.290. The van der Waals surface area contributed by atoms with E-state index in [1.807, 2.05) is 42.1 Å². The van der Waals surface area contributed by atoms with Crippen LogP contribution in [0.15, 0.2) is 48.7 Å². The molecule has 0 atom stereocenters. The molecular formula is C16H14ClNO2. The summed E-state index contributed by atoms with van der Waals surface area (Å²) >= 11 is 6.22. The molecule has 0 spiro atoms. The molecule has 2 aromatic carbocycles. The van der Waals surface area contributed by atoms with Crippen LogP contribution in [-0.4, -0.2) is 9.67 Å². The monoisotopic (exact) mass is 287 g/mol. The number of phenols is 1. The summed E-state index contributed by atoms with van der Waals surface area (Å²) in [5.74, 6) is 0.623. The van der Waals surface area contributed by atoms with E-state index >= 15 is 0 Å². The number of fused-ring (bicyclic) bond motifs is 1. The molecule has 3 nitrogen and oxygen atoms in total. The van der Waals surface area contributed by atoms with Crippen molar-refractivity contribution in [2.24, 2.45) is 7.05 Å². The van der Waals surface area contributed by atoms with Crippen LogP contribution in [0.5, 0.6) is 11.5 Å². The predicted molar refractivity (Wildman–Crippen MR) is 80.4 cm³/mol. The van der Waals surface area contributed by atoms with E-state index in [4.69, 9.17) is 16.3 Å². The Balaban J connectivity index is 1.93. The van der Waals surface area contributed by atoms with Gasteiger partial charge in [-0.2, -0.15) is 0 Å². The number of aromatic nitrogens is 1. The highest BCUT2D eigenvalue weighted by molar-refractivity contribution is 6.35. The lowest BCUT2D eigenvalue weighted by atomic mass is 10.2. The molecule has 4 heteroatoms. The summed E-state index contributed by atoms with van der Waals surface area (Å²) < 4.78 is 7.67. The Morgan fingerprint density at radius 3 is 2.75 bits per heavy atom. The normalized spacial score (nSPS) is 10.9. The number of halogens is 1. The van der Waals surface area contributed by atoms with Gasteiger partial charge in [0.15, 0.2) is 11.5 Å². The van der Waals surface area contributed by atoms with Gasteiger partial charge in [0.25, 0.3) is 0 Å². The van der Waals surface area contributed by atoms with E-state index in [0.29, 0.717) is 12.4 Å². The number of para-hydroxylation sites is 3. The maximum atomic E-state index is 9.70. The predicted octanol–water partition coefficient (Wildman–Crippen LogP) is 4.12. The fourth-order valence-corrected chi connectivity index (χ4v) is 2.66. The third-order valence-electron chi connectivity index (χ3n) is 3.28. The topological polar surface area (TPSA) is 34.4 Å². The van der Waals surface area contributed by atoms with Crippen molar-refractivity contribution in [3.05, 3.63) is 59.2 Å². The molecule has 0 aliphatic rings. The molecule has 0 saturated carbocycles. The Morgan fingerprint density at radius 1 is 1.15 bits per heavy atom. The minimum Gasteiger partial charge on any atom is -0.504 e. The summed E-state index contributed by atoms with van der Waals surface area (Å²) in [6.07, 6.45) is 2.00. The van der Waals surface area contributed by atoms with Crippen molar-refractivity contribution >= 4 is 22.5 Å². The van der Waals surface area contributed by atoms with Crippen molar-refractivity contribution in [1.82, 2.24) is 4.57 Å². The summed E-state index contributed by atoms with van der Waals surface area (Å²) in [4.78, 5) is 0. The van der Waals surface area contributed by atoms with E-state index in [1.165, 1.54) is 0 Å². The van der Waals surface area contributed by atoms with Gasteiger partial charge in [0.1, 0.15) is 6.61 Å². The molecule has 0 aliphatic carbocycles. The van der Waals surface area contributed by atoms with Crippen LogP contribution in [0.1, 0.15) is 5.56 Å². The highest BCUT2D eigenvalue weighted by Crippen LogP contribution is 2.30. The van der Waals surface area contributed by atoms with Crippen molar-refractivity contribution < 1.29 is 9.84 Å². The standard InChI is InChI=1S/C16H14ClNO2/c1-18-9-11(12-5-4-6-13(17)16(12)18)10-20-15-8-3-2-7-14(15)19/h2-9,19H,10H2,1H3. The van der Waals surface area contributed by atoms with Crippen molar-refractivity contribution in [3.63, 3.8) is 0 Å². The molecule has 3 rings (SSSR count). The smallest absolute Gasteiger partial charge is 0.161 e. The number of hydrogen-bond donors (Lipinski definition) is 1. The Labute approximate surface area is 122 Å². The van der Waals surface area contributed by atoms with E-state index in [-0.39, 0.29) is 5.75 Å². The lowest BCUT2D eigenvalue weighted by Crippen LogP contribution is -1.94. The Kier molecular flexibility index (Phi) is 3.28. The second-order valence-corrected chi connectivity index (χ2v) is 5.06. The highest BCUT2D eigenvalue weighted by Gasteiger charge is 2.10. The number of aryl methyl sites for hydroxylation is 1. The number of rotatable bonds is 3. The van der Waals surface area contributed by atoms with Crippen LogP contribution in [0.4, 0.5) is 0 Å². The zero-order valence-corrected chi connectivity index (χ0v) is 11.8. The van der Waals surface area contributed by atoms with E-state index in [1.54, 1.807) is 18.2 Å². The van der Waals surface area contributed by atoms with E-state index < -0.39 is 0 Å². The van der Waals surface area contributed by atoms with Crippen LogP contribution >= 0.6 is 11.6 Å². The molecule has 0 radical (unpaired) electrons. The van der Waals surface area contributed by atoms with E-state index in [2.05, 4.69) is 0 Å². The number of hydrogen-bond acceptors (Lipinski definition) is 2. The van der Waals surface area contributed by atoms with Gasteiger partial charge in [0, 0.05) is 24.2 Å². The van der Waals surface area contributed by atoms with Crippen LogP contribution in [-0.2, 0) is 13.7 Å². The third kappa shape index (κ3) is 2.21. The van der Waals surface area contributed by atoms with Gasteiger partial charge < -0.3 is 14.4 Å². The fraction of sp³-hybridized carbons (Fsp3) is 0.125. The van der Waals surface area contributed by atoms with Gasteiger partial charge in [-0.05, 0) is 18.2 Å². The molecule has 0 saturated heterocycles. The molecule has 3 aromatic rings. The minimum atomic E-state index is 0.144. The average Bonchev–Trinajstić information content (AvgIpc) is 2.76. The Morgan fingerprint density at radius 2 is 1.95 bits per heavy atom. The van der Waals surface area contributed by atoms with E-state index in [0.717, 1.165) is 21.5 Å². The fourth-order valence-electron chi connectivity index (χ4n) is 2.35. The first-order chi connectivity index (χ1) is 9.66. The molecule has 0 fully saturated rings. The molecule has 0 unspecified atom stereocenters. The van der Waals surface area contributed by atoms with Crippen molar-refractivity contribution in [2.75, 3.05) is 0 Å². The van der Waals surface area contributed by atoms with Crippen molar-refractivity contribution in [2.45, 2.75) is 6.61 Å². The SMILES string of the molecule is Cn1cc(COc2ccccc2O)c2cccc(Cl)c21. The first-order valence-corrected chi connectivity index (χ1v) is 6.68. The first-order valence-electron chi connectivity index (χ1n) is 6.30. The third-order valence-corrected chi connectivity index (χ3v) is 3.59. The summed E-state index contributed by atoms with van der Waals surface area (Å²) in [5.41, 5.74) is 2.03. The molecule has 0 amide bonds. The molecule has 1 N–H and O–H groups in total. The molecule has 0 aliphatic heterocycles. The second-order valence-electron chi connectivity index (χ2n) is 4.66. The van der Waals surface area contributed by atoms with Crippen LogP contribution in [0.3, 0.4) is 0 Å². The van der Waals surface area contributed by atoms with Gasteiger partial charge in [-0.1, -0.05) is 35.9 Å². The summed E-state index contributed by atoms with van der Waals surface area (Å²) in [6.45, 7) is 0.384. The van der Waals surface area contributed by atoms with Crippen LogP contribution in [0, 0.1) is 0 Å².